The molecule has 5 heteroatoms. The Morgan fingerprint density at radius 2 is 1.95 bits per heavy atom. The van der Waals surface area contributed by atoms with E-state index < -0.39 is 0 Å². The van der Waals surface area contributed by atoms with Crippen molar-refractivity contribution in [2.24, 2.45) is 5.92 Å². The Morgan fingerprint density at radius 1 is 1.20 bits per heavy atom. The Labute approximate surface area is 124 Å². The highest BCUT2D eigenvalue weighted by atomic mass is 35.5. The van der Waals surface area contributed by atoms with E-state index in [1.54, 1.807) is 0 Å². The van der Waals surface area contributed by atoms with Crippen molar-refractivity contribution in [1.82, 2.24) is 9.97 Å². The van der Waals surface area contributed by atoms with Crippen LogP contribution >= 0.6 is 11.6 Å². The minimum absolute atomic E-state index is 0.278. The summed E-state index contributed by atoms with van der Waals surface area (Å²) in [6.45, 7) is 2.79. The van der Waals surface area contributed by atoms with Crippen LogP contribution < -0.4 is 4.90 Å². The van der Waals surface area contributed by atoms with Crippen molar-refractivity contribution in [3.63, 3.8) is 0 Å². The van der Waals surface area contributed by atoms with Crippen molar-refractivity contribution in [3.8, 4) is 0 Å². The summed E-state index contributed by atoms with van der Waals surface area (Å²) in [5, 5.41) is 0.278. The minimum atomic E-state index is 0.278. The predicted molar refractivity (Wildman–Crippen MR) is 79.5 cm³/mol. The van der Waals surface area contributed by atoms with Gasteiger partial charge in [-0.25, -0.2) is 9.97 Å². The van der Waals surface area contributed by atoms with Crippen LogP contribution in [0.1, 0.15) is 54.7 Å². The summed E-state index contributed by atoms with van der Waals surface area (Å²) in [6.07, 6.45) is 8.36. The van der Waals surface area contributed by atoms with E-state index in [0.717, 1.165) is 24.6 Å². The van der Waals surface area contributed by atoms with E-state index in [9.17, 15) is 4.79 Å². The molecular weight excluding hydrogens is 274 g/mol. The predicted octanol–water partition coefficient (Wildman–Crippen LogP) is 3.41. The quantitative estimate of drug-likeness (QED) is 0.619. The van der Waals surface area contributed by atoms with Crippen LogP contribution in [0.25, 0.3) is 0 Å². The molecule has 1 aromatic heterocycles. The largest absolute Gasteiger partial charge is 0.353 e. The topological polar surface area (TPSA) is 46.1 Å². The van der Waals surface area contributed by atoms with Crippen LogP contribution in [0.15, 0.2) is 0 Å². The number of hydrogen-bond acceptors (Lipinski definition) is 4. The third-order valence-electron chi connectivity index (χ3n) is 4.62. The Kier molecular flexibility index (Phi) is 3.92. The van der Waals surface area contributed by atoms with E-state index in [4.69, 9.17) is 11.6 Å². The number of carbonyl (C=O) groups is 1. The lowest BCUT2D eigenvalue weighted by molar-refractivity contribution is 0.112. The van der Waals surface area contributed by atoms with Crippen molar-refractivity contribution < 1.29 is 4.79 Å². The molecule has 0 bridgehead atoms. The molecule has 0 amide bonds. The van der Waals surface area contributed by atoms with Gasteiger partial charge in [0, 0.05) is 12.6 Å². The summed E-state index contributed by atoms with van der Waals surface area (Å²) in [4.78, 5) is 22.3. The fraction of sp³-hybridized carbons (Fsp3) is 0.667. The van der Waals surface area contributed by atoms with Gasteiger partial charge in [0.15, 0.2) is 6.29 Å². The molecule has 1 saturated heterocycles. The van der Waals surface area contributed by atoms with E-state index in [1.165, 1.54) is 38.5 Å². The Morgan fingerprint density at radius 3 is 2.75 bits per heavy atom. The highest BCUT2D eigenvalue weighted by Gasteiger charge is 2.35. The number of aromatic nitrogens is 2. The average Bonchev–Trinajstić information content (AvgIpc) is 2.46. The molecule has 2 unspecified atom stereocenters. The van der Waals surface area contributed by atoms with Crippen LogP contribution in [0.2, 0.25) is 5.15 Å². The third kappa shape index (κ3) is 2.41. The first kappa shape index (κ1) is 13.8. The maximum absolute atomic E-state index is 11.4. The van der Waals surface area contributed by atoms with E-state index in [2.05, 4.69) is 14.9 Å². The van der Waals surface area contributed by atoms with Gasteiger partial charge in [0.1, 0.15) is 16.8 Å². The van der Waals surface area contributed by atoms with Crippen LogP contribution in [0.3, 0.4) is 0 Å². The molecule has 1 aromatic rings. The summed E-state index contributed by atoms with van der Waals surface area (Å²) in [6, 6.07) is 0.515. The lowest BCUT2D eigenvalue weighted by atomic mass is 9.78. The number of nitrogens with zero attached hydrogens (tertiary/aromatic N) is 3. The molecule has 1 aliphatic heterocycles. The number of aryl methyl sites for hydroxylation is 1. The van der Waals surface area contributed by atoms with Crippen molar-refractivity contribution in [2.75, 3.05) is 11.4 Å². The first-order valence-electron chi connectivity index (χ1n) is 7.46. The number of anilines is 1. The SMILES string of the molecule is Cc1nc(Cl)c(C=O)c(N2CCCC3CCCCC32)n1. The molecule has 3 rings (SSSR count). The van der Waals surface area contributed by atoms with E-state index in [0.29, 0.717) is 17.4 Å². The number of aldehydes is 1. The summed E-state index contributed by atoms with van der Waals surface area (Å²) >= 11 is 6.12. The number of fused-ring (bicyclic) bond motifs is 1. The van der Waals surface area contributed by atoms with Crippen molar-refractivity contribution >= 4 is 23.7 Å². The molecule has 0 aromatic carbocycles. The monoisotopic (exact) mass is 293 g/mol. The molecule has 0 radical (unpaired) electrons. The van der Waals surface area contributed by atoms with E-state index >= 15 is 0 Å². The zero-order chi connectivity index (χ0) is 14.1. The molecule has 2 heterocycles. The van der Waals surface area contributed by atoms with E-state index in [1.807, 2.05) is 6.92 Å². The second-order valence-corrected chi connectivity index (χ2v) is 6.22. The van der Waals surface area contributed by atoms with Gasteiger partial charge >= 0.3 is 0 Å². The highest BCUT2D eigenvalue weighted by Crippen LogP contribution is 2.38. The van der Waals surface area contributed by atoms with Crippen LogP contribution in [0, 0.1) is 12.8 Å². The molecule has 1 aliphatic carbocycles. The Bertz CT molecular complexity index is 518. The second kappa shape index (κ2) is 5.68. The second-order valence-electron chi connectivity index (χ2n) is 5.86. The number of piperidine rings is 1. The van der Waals surface area contributed by atoms with Gasteiger partial charge in [0.05, 0.1) is 5.56 Å². The molecule has 2 atom stereocenters. The summed E-state index contributed by atoms with van der Waals surface area (Å²) in [5.74, 6) is 2.12. The first-order valence-corrected chi connectivity index (χ1v) is 7.84. The highest BCUT2D eigenvalue weighted by molar-refractivity contribution is 6.32. The van der Waals surface area contributed by atoms with Crippen molar-refractivity contribution in [1.29, 1.82) is 0 Å². The van der Waals surface area contributed by atoms with Crippen LogP contribution in [0.4, 0.5) is 5.82 Å². The molecule has 0 N–H and O–H groups in total. The summed E-state index contributed by atoms with van der Waals surface area (Å²) in [5.41, 5.74) is 0.448. The van der Waals surface area contributed by atoms with Gasteiger partial charge in [-0.05, 0) is 38.5 Å². The van der Waals surface area contributed by atoms with Crippen LogP contribution in [-0.2, 0) is 0 Å². The van der Waals surface area contributed by atoms with Gasteiger partial charge in [-0.15, -0.1) is 0 Å². The van der Waals surface area contributed by atoms with Gasteiger partial charge in [-0.1, -0.05) is 24.4 Å². The van der Waals surface area contributed by atoms with E-state index in [-0.39, 0.29) is 5.15 Å². The lowest BCUT2D eigenvalue weighted by Crippen LogP contribution is -2.47. The molecule has 20 heavy (non-hydrogen) atoms. The van der Waals surface area contributed by atoms with Crippen LogP contribution in [-0.4, -0.2) is 28.8 Å². The third-order valence-corrected chi connectivity index (χ3v) is 4.91. The smallest absolute Gasteiger partial charge is 0.156 e. The number of halogens is 1. The zero-order valence-electron chi connectivity index (χ0n) is 11.8. The molecule has 1 saturated carbocycles. The zero-order valence-corrected chi connectivity index (χ0v) is 12.6. The van der Waals surface area contributed by atoms with Gasteiger partial charge in [0.25, 0.3) is 0 Å². The lowest BCUT2D eigenvalue weighted by Gasteiger charge is -2.45. The Balaban J connectivity index is 2.00. The first-order chi connectivity index (χ1) is 9.70. The van der Waals surface area contributed by atoms with Gasteiger partial charge in [0.2, 0.25) is 0 Å². The number of hydrogen-bond donors (Lipinski definition) is 0. The van der Waals surface area contributed by atoms with Gasteiger partial charge in [-0.2, -0.15) is 0 Å². The molecule has 4 nitrogen and oxygen atoms in total. The maximum Gasteiger partial charge on any atom is 0.156 e. The molecule has 2 aliphatic rings. The molecule has 2 fully saturated rings. The average molecular weight is 294 g/mol. The van der Waals surface area contributed by atoms with Crippen LogP contribution in [0.5, 0.6) is 0 Å². The molecule has 0 spiro atoms. The number of carbonyl (C=O) groups excluding carboxylic acids is 1. The fourth-order valence-corrected chi connectivity index (χ4v) is 3.99. The normalized spacial score (nSPS) is 26.2. The standard InChI is InChI=1S/C15H20ClN3O/c1-10-17-14(16)12(9-20)15(18-10)19-8-4-6-11-5-2-3-7-13(11)19/h9,11,13H,2-8H2,1H3. The Hall–Kier alpha value is -1.16. The molecular formula is C15H20ClN3O. The number of rotatable bonds is 2. The van der Waals surface area contributed by atoms with Gasteiger partial charge in [-0.3, -0.25) is 4.79 Å². The molecule has 108 valence electrons. The van der Waals surface area contributed by atoms with Crippen molar-refractivity contribution in [2.45, 2.75) is 51.5 Å². The maximum atomic E-state index is 11.4. The fourth-order valence-electron chi connectivity index (χ4n) is 3.74. The van der Waals surface area contributed by atoms with Gasteiger partial charge < -0.3 is 4.90 Å². The summed E-state index contributed by atoms with van der Waals surface area (Å²) in [7, 11) is 0. The minimum Gasteiger partial charge on any atom is -0.353 e. The van der Waals surface area contributed by atoms with Crippen molar-refractivity contribution in [3.05, 3.63) is 16.5 Å². The summed E-state index contributed by atoms with van der Waals surface area (Å²) < 4.78 is 0.